The van der Waals surface area contributed by atoms with Crippen LogP contribution < -0.4 is 4.90 Å². The summed E-state index contributed by atoms with van der Waals surface area (Å²) in [5.41, 5.74) is 13.6. The summed E-state index contributed by atoms with van der Waals surface area (Å²) in [7, 11) is 0. The Morgan fingerprint density at radius 1 is 0.536 bits per heavy atom. The Bertz CT molecular complexity index is 3410. The average Bonchev–Trinajstić information content (AvgIpc) is 3.88. The molecule has 7 aromatic carbocycles. The van der Waals surface area contributed by atoms with E-state index in [4.69, 9.17) is 10.1 Å². The van der Waals surface area contributed by atoms with E-state index in [0.717, 1.165) is 50.3 Å². The predicted octanol–water partition coefficient (Wildman–Crippen LogP) is 14.0. The second kappa shape index (κ2) is 11.6. The van der Waals surface area contributed by atoms with Gasteiger partial charge in [0.2, 0.25) is 0 Å². The lowest BCUT2D eigenvalue weighted by atomic mass is 9.82. The molecule has 0 N–H and O–H groups in total. The summed E-state index contributed by atoms with van der Waals surface area (Å²) in [5, 5.41) is 12.4. The zero-order valence-electron chi connectivity index (χ0n) is 30.9. The van der Waals surface area contributed by atoms with Crippen molar-refractivity contribution in [1.82, 2.24) is 14.6 Å². The number of anilines is 3. The van der Waals surface area contributed by atoms with Crippen LogP contribution in [0.3, 0.4) is 0 Å². The summed E-state index contributed by atoms with van der Waals surface area (Å²) in [4.78, 5) is 7.70. The lowest BCUT2D eigenvalue weighted by Crippen LogP contribution is -2.16. The first-order valence-corrected chi connectivity index (χ1v) is 20.0. The Hall–Kier alpha value is -6.82. The van der Waals surface area contributed by atoms with Crippen LogP contribution in [0.15, 0.2) is 170 Å². The zero-order chi connectivity index (χ0) is 37.1. The third-order valence-corrected chi connectivity index (χ3v) is 13.2. The average molecular weight is 735 g/mol. The smallest absolute Gasteiger partial charge is 0.0933 e. The van der Waals surface area contributed by atoms with E-state index in [1.54, 1.807) is 0 Å². The number of benzene rings is 7. The molecular weight excluding hydrogens is 701 g/mol. The third-order valence-electron chi connectivity index (χ3n) is 12.0. The van der Waals surface area contributed by atoms with E-state index in [0.29, 0.717) is 0 Å². The van der Waals surface area contributed by atoms with Gasteiger partial charge < -0.3 is 4.90 Å². The van der Waals surface area contributed by atoms with Gasteiger partial charge in [-0.1, -0.05) is 123 Å². The highest BCUT2D eigenvalue weighted by molar-refractivity contribution is 7.26. The number of fused-ring (bicyclic) bond motifs is 13. The van der Waals surface area contributed by atoms with Gasteiger partial charge in [-0.15, -0.1) is 11.3 Å². The summed E-state index contributed by atoms with van der Waals surface area (Å²) in [6.45, 7) is 4.69. The molecule has 5 heteroatoms. The van der Waals surface area contributed by atoms with E-state index in [1.165, 1.54) is 58.6 Å². The Kier molecular flexibility index (Phi) is 6.53. The van der Waals surface area contributed by atoms with Crippen molar-refractivity contribution < 1.29 is 0 Å². The van der Waals surface area contributed by atoms with E-state index >= 15 is 0 Å². The molecule has 0 unspecified atom stereocenters. The Balaban J connectivity index is 1.04. The van der Waals surface area contributed by atoms with Gasteiger partial charge in [0.15, 0.2) is 0 Å². The summed E-state index contributed by atoms with van der Waals surface area (Å²) in [5.74, 6) is 0. The number of pyridine rings is 2. The monoisotopic (exact) mass is 734 g/mol. The van der Waals surface area contributed by atoms with Gasteiger partial charge in [-0.05, 0) is 76.9 Å². The lowest BCUT2D eigenvalue weighted by molar-refractivity contribution is 0.660. The van der Waals surface area contributed by atoms with E-state index in [1.807, 2.05) is 21.9 Å². The van der Waals surface area contributed by atoms with Crippen molar-refractivity contribution in [3.8, 4) is 22.4 Å². The second-order valence-corrected chi connectivity index (χ2v) is 16.5. The van der Waals surface area contributed by atoms with Crippen LogP contribution in [0.5, 0.6) is 0 Å². The quantitative estimate of drug-likeness (QED) is 0.169. The maximum atomic E-state index is 5.33. The molecule has 1 aliphatic carbocycles. The van der Waals surface area contributed by atoms with Crippen molar-refractivity contribution in [2.45, 2.75) is 19.3 Å². The lowest BCUT2D eigenvalue weighted by Gasteiger charge is -2.28. The molecule has 0 saturated heterocycles. The van der Waals surface area contributed by atoms with Gasteiger partial charge in [0, 0.05) is 64.1 Å². The summed E-state index contributed by atoms with van der Waals surface area (Å²) in [6, 6.07) is 59.4. The molecule has 0 bridgehead atoms. The standard InChI is InChI=1S/C51H34N4S/c1-51(2)42-15-7-3-11-35(42)36-25-23-33(29-43(36)51)55(34-24-28-46-39-13-4-9-17-45(39)53-54(46)30-34)32-21-19-31(20-22-32)49-41-27-26-38-37-12-6-10-18-47(37)56-50(38)48(41)40-14-5-8-16-44(40)52-49/h3-30H,1-2H3. The first-order chi connectivity index (χ1) is 27.5. The van der Waals surface area contributed by atoms with E-state index in [9.17, 15) is 0 Å². The van der Waals surface area contributed by atoms with E-state index < -0.39 is 0 Å². The van der Waals surface area contributed by atoms with Crippen LogP contribution in [0, 0.1) is 0 Å². The van der Waals surface area contributed by atoms with E-state index in [-0.39, 0.29) is 5.41 Å². The summed E-state index contributed by atoms with van der Waals surface area (Å²) >= 11 is 1.88. The fourth-order valence-electron chi connectivity index (χ4n) is 9.28. The van der Waals surface area contributed by atoms with Crippen LogP contribution in [0.25, 0.3) is 80.7 Å². The molecule has 0 amide bonds. The highest BCUT2D eigenvalue weighted by Crippen LogP contribution is 2.51. The molecule has 12 rings (SSSR count). The molecule has 11 aromatic rings. The highest BCUT2D eigenvalue weighted by atomic mass is 32.1. The topological polar surface area (TPSA) is 33.4 Å². The first-order valence-electron chi connectivity index (χ1n) is 19.2. The predicted molar refractivity (Wildman–Crippen MR) is 236 cm³/mol. The van der Waals surface area contributed by atoms with E-state index in [2.05, 4.69) is 183 Å². The highest BCUT2D eigenvalue weighted by Gasteiger charge is 2.35. The largest absolute Gasteiger partial charge is 0.309 e. The minimum absolute atomic E-state index is 0.121. The maximum Gasteiger partial charge on any atom is 0.0933 e. The molecule has 0 atom stereocenters. The number of aromatic nitrogens is 3. The van der Waals surface area contributed by atoms with Crippen molar-refractivity contribution >= 4 is 86.7 Å². The van der Waals surface area contributed by atoms with Crippen LogP contribution in [-0.2, 0) is 5.41 Å². The van der Waals surface area contributed by atoms with Crippen LogP contribution in [0.1, 0.15) is 25.0 Å². The minimum Gasteiger partial charge on any atom is -0.309 e. The van der Waals surface area contributed by atoms with Crippen LogP contribution >= 0.6 is 11.3 Å². The molecule has 0 radical (unpaired) electrons. The first kappa shape index (κ1) is 31.5. The van der Waals surface area contributed by atoms with Gasteiger partial charge in [-0.25, -0.2) is 9.50 Å². The second-order valence-electron chi connectivity index (χ2n) is 15.5. The number of para-hydroxylation sites is 1. The molecule has 0 fully saturated rings. The van der Waals surface area contributed by atoms with Crippen LogP contribution in [0.4, 0.5) is 17.1 Å². The summed E-state index contributed by atoms with van der Waals surface area (Å²) in [6.07, 6.45) is 2.16. The molecule has 4 heterocycles. The maximum absolute atomic E-state index is 5.33. The number of nitrogens with zero attached hydrogens (tertiary/aromatic N) is 4. The van der Waals surface area contributed by atoms with Crippen molar-refractivity contribution in [3.63, 3.8) is 0 Å². The zero-order valence-corrected chi connectivity index (χ0v) is 31.7. The third kappa shape index (κ3) is 4.46. The molecule has 56 heavy (non-hydrogen) atoms. The number of thiophene rings is 1. The molecule has 4 nitrogen and oxygen atoms in total. The van der Waals surface area contributed by atoms with Gasteiger partial charge in [-0.3, -0.25) is 0 Å². The minimum atomic E-state index is -0.121. The molecule has 4 aromatic heterocycles. The van der Waals surface area contributed by atoms with Crippen LogP contribution in [-0.4, -0.2) is 14.6 Å². The van der Waals surface area contributed by atoms with Crippen molar-refractivity contribution in [3.05, 3.63) is 181 Å². The molecule has 0 spiro atoms. The van der Waals surface area contributed by atoms with Gasteiger partial charge >= 0.3 is 0 Å². The van der Waals surface area contributed by atoms with Crippen molar-refractivity contribution in [1.29, 1.82) is 0 Å². The van der Waals surface area contributed by atoms with Gasteiger partial charge in [-0.2, -0.15) is 5.10 Å². The van der Waals surface area contributed by atoms with Gasteiger partial charge in [0.05, 0.1) is 34.1 Å². The Morgan fingerprint density at radius 2 is 1.21 bits per heavy atom. The van der Waals surface area contributed by atoms with Crippen LogP contribution in [0.2, 0.25) is 0 Å². The number of hydrogen-bond acceptors (Lipinski definition) is 4. The molecule has 0 saturated carbocycles. The molecular formula is C51H34N4S. The SMILES string of the molecule is CC1(C)c2ccccc2-c2ccc(N(c3ccc(-c4nc5ccccc5c5c4ccc4c6ccccc6sc45)cc3)c3ccc4c5ccccc5nn4c3)cc21. The van der Waals surface area contributed by atoms with Crippen molar-refractivity contribution in [2.24, 2.45) is 0 Å². The Labute approximate surface area is 327 Å². The Morgan fingerprint density at radius 3 is 2.09 bits per heavy atom. The summed E-state index contributed by atoms with van der Waals surface area (Å²) < 4.78 is 4.64. The molecule has 1 aliphatic rings. The molecule has 264 valence electrons. The fraction of sp³-hybridized carbons (Fsp3) is 0.0588. The van der Waals surface area contributed by atoms with Crippen molar-refractivity contribution in [2.75, 3.05) is 4.90 Å². The van der Waals surface area contributed by atoms with Gasteiger partial charge in [0.25, 0.3) is 0 Å². The number of hydrogen-bond donors (Lipinski definition) is 0. The normalized spacial score (nSPS) is 13.3. The number of rotatable bonds is 4. The fourth-order valence-corrected chi connectivity index (χ4v) is 10.5. The van der Waals surface area contributed by atoms with Gasteiger partial charge in [0.1, 0.15) is 0 Å². The molecule has 0 aliphatic heterocycles.